The van der Waals surface area contributed by atoms with Gasteiger partial charge in [0.1, 0.15) is 5.02 Å². The zero-order valence-electron chi connectivity index (χ0n) is 13.6. The maximum atomic E-state index is 12.2. The van der Waals surface area contributed by atoms with Crippen LogP contribution in [0, 0.1) is 0 Å². The van der Waals surface area contributed by atoms with Crippen molar-refractivity contribution in [2.24, 2.45) is 0 Å². The highest BCUT2D eigenvalue weighted by Gasteiger charge is 2.11. The number of hydrogen-bond acceptors (Lipinski definition) is 5. The SMILES string of the molecule is CC(CCN(C)C)Nc1cnn(CCN(C)C)c(=O)c1Cl. The third-order valence-electron chi connectivity index (χ3n) is 3.16. The lowest BCUT2D eigenvalue weighted by atomic mass is 10.2. The molecular formula is C14H26ClN5O. The van der Waals surface area contributed by atoms with Crippen molar-refractivity contribution in [1.82, 2.24) is 19.6 Å². The van der Waals surface area contributed by atoms with Crippen molar-refractivity contribution in [2.45, 2.75) is 25.9 Å². The molecule has 1 N–H and O–H groups in total. The van der Waals surface area contributed by atoms with Crippen LogP contribution in [-0.4, -0.2) is 66.9 Å². The molecule has 120 valence electrons. The summed E-state index contributed by atoms with van der Waals surface area (Å²) >= 11 is 6.16. The van der Waals surface area contributed by atoms with Gasteiger partial charge in [0.15, 0.2) is 0 Å². The van der Waals surface area contributed by atoms with Gasteiger partial charge >= 0.3 is 0 Å². The van der Waals surface area contributed by atoms with Crippen molar-refractivity contribution in [2.75, 3.05) is 46.6 Å². The third-order valence-corrected chi connectivity index (χ3v) is 3.52. The van der Waals surface area contributed by atoms with E-state index in [0.717, 1.165) is 19.5 Å². The lowest BCUT2D eigenvalue weighted by molar-refractivity contribution is 0.367. The van der Waals surface area contributed by atoms with E-state index < -0.39 is 0 Å². The quantitative estimate of drug-likeness (QED) is 0.781. The molecule has 1 rings (SSSR count). The van der Waals surface area contributed by atoms with E-state index in [1.807, 2.05) is 33.1 Å². The number of anilines is 1. The number of nitrogens with one attached hydrogen (secondary N) is 1. The minimum atomic E-state index is -0.247. The van der Waals surface area contributed by atoms with Crippen molar-refractivity contribution in [1.29, 1.82) is 0 Å². The van der Waals surface area contributed by atoms with E-state index in [1.54, 1.807) is 6.20 Å². The zero-order chi connectivity index (χ0) is 16.0. The summed E-state index contributed by atoms with van der Waals surface area (Å²) in [5.41, 5.74) is 0.359. The van der Waals surface area contributed by atoms with Crippen LogP contribution in [-0.2, 0) is 6.54 Å². The Morgan fingerprint density at radius 1 is 1.29 bits per heavy atom. The topological polar surface area (TPSA) is 53.4 Å². The molecule has 1 heterocycles. The van der Waals surface area contributed by atoms with Gasteiger partial charge in [-0.1, -0.05) is 11.6 Å². The van der Waals surface area contributed by atoms with Crippen LogP contribution in [0.15, 0.2) is 11.0 Å². The van der Waals surface area contributed by atoms with Crippen LogP contribution in [0.5, 0.6) is 0 Å². The second-order valence-corrected chi connectivity index (χ2v) is 6.22. The first-order chi connectivity index (χ1) is 9.81. The largest absolute Gasteiger partial charge is 0.380 e. The molecule has 1 aromatic rings. The van der Waals surface area contributed by atoms with Crippen molar-refractivity contribution in [3.8, 4) is 0 Å². The first-order valence-electron chi connectivity index (χ1n) is 7.13. The van der Waals surface area contributed by atoms with Crippen LogP contribution in [0.4, 0.5) is 5.69 Å². The molecule has 1 aromatic heterocycles. The smallest absolute Gasteiger partial charge is 0.287 e. The average molecular weight is 316 g/mol. The Morgan fingerprint density at radius 3 is 2.48 bits per heavy atom. The van der Waals surface area contributed by atoms with Crippen LogP contribution in [0.3, 0.4) is 0 Å². The number of halogens is 1. The van der Waals surface area contributed by atoms with Gasteiger partial charge in [0.05, 0.1) is 18.4 Å². The molecule has 0 aliphatic heterocycles. The fourth-order valence-electron chi connectivity index (χ4n) is 1.81. The van der Waals surface area contributed by atoms with E-state index in [-0.39, 0.29) is 16.6 Å². The predicted octanol–water partition coefficient (Wildman–Crippen LogP) is 1.21. The summed E-state index contributed by atoms with van der Waals surface area (Å²) in [5, 5.41) is 7.64. The predicted molar refractivity (Wildman–Crippen MR) is 88.3 cm³/mol. The summed E-state index contributed by atoms with van der Waals surface area (Å²) in [4.78, 5) is 16.3. The van der Waals surface area contributed by atoms with Crippen molar-refractivity contribution in [3.63, 3.8) is 0 Å². The van der Waals surface area contributed by atoms with E-state index in [4.69, 9.17) is 11.6 Å². The molecular weight excluding hydrogens is 290 g/mol. The van der Waals surface area contributed by atoms with Gasteiger partial charge in [0.25, 0.3) is 5.56 Å². The number of hydrogen-bond donors (Lipinski definition) is 1. The van der Waals surface area contributed by atoms with Crippen molar-refractivity contribution in [3.05, 3.63) is 21.6 Å². The minimum Gasteiger partial charge on any atom is -0.380 e. The van der Waals surface area contributed by atoms with Gasteiger partial charge < -0.3 is 15.1 Å². The monoisotopic (exact) mass is 315 g/mol. The molecule has 0 spiro atoms. The van der Waals surface area contributed by atoms with E-state index in [1.165, 1.54) is 4.68 Å². The van der Waals surface area contributed by atoms with E-state index in [0.29, 0.717) is 12.2 Å². The number of aromatic nitrogens is 2. The fraction of sp³-hybridized carbons (Fsp3) is 0.714. The zero-order valence-corrected chi connectivity index (χ0v) is 14.3. The molecule has 1 unspecified atom stereocenters. The molecule has 0 amide bonds. The van der Waals surface area contributed by atoms with E-state index >= 15 is 0 Å². The summed E-state index contributed by atoms with van der Waals surface area (Å²) in [6, 6.07) is 0.226. The Morgan fingerprint density at radius 2 is 1.90 bits per heavy atom. The van der Waals surface area contributed by atoms with Crippen LogP contribution < -0.4 is 10.9 Å². The van der Waals surface area contributed by atoms with Crippen LogP contribution in [0.25, 0.3) is 0 Å². The number of rotatable bonds is 8. The summed E-state index contributed by atoms with van der Waals surface area (Å²) in [6.07, 6.45) is 2.60. The first-order valence-corrected chi connectivity index (χ1v) is 7.50. The molecule has 0 bridgehead atoms. The second-order valence-electron chi connectivity index (χ2n) is 5.84. The molecule has 0 radical (unpaired) electrons. The van der Waals surface area contributed by atoms with Crippen molar-refractivity contribution < 1.29 is 0 Å². The molecule has 0 aliphatic rings. The molecule has 0 fully saturated rings. The molecule has 1 atom stereocenters. The molecule has 21 heavy (non-hydrogen) atoms. The first kappa shape index (κ1) is 17.9. The lowest BCUT2D eigenvalue weighted by Gasteiger charge is -2.18. The van der Waals surface area contributed by atoms with Gasteiger partial charge in [-0.3, -0.25) is 4.79 Å². The van der Waals surface area contributed by atoms with Gasteiger partial charge in [-0.25, -0.2) is 4.68 Å². The van der Waals surface area contributed by atoms with Crippen LogP contribution in [0.1, 0.15) is 13.3 Å². The molecule has 0 saturated carbocycles. The average Bonchev–Trinajstić information content (AvgIpc) is 2.40. The second kappa shape index (κ2) is 8.36. The number of nitrogens with zero attached hydrogens (tertiary/aromatic N) is 4. The summed E-state index contributed by atoms with van der Waals surface area (Å²) in [5.74, 6) is 0. The van der Waals surface area contributed by atoms with Gasteiger partial charge in [-0.2, -0.15) is 5.10 Å². The Bertz CT molecular complexity index is 501. The third kappa shape index (κ3) is 6.03. The summed E-state index contributed by atoms with van der Waals surface area (Å²) < 4.78 is 1.40. The Balaban J connectivity index is 2.73. The highest BCUT2D eigenvalue weighted by atomic mass is 35.5. The molecule has 0 aliphatic carbocycles. The Hall–Kier alpha value is -1.11. The van der Waals surface area contributed by atoms with Crippen molar-refractivity contribution >= 4 is 17.3 Å². The Labute approximate surface area is 131 Å². The van der Waals surface area contributed by atoms with Gasteiger partial charge in [0.2, 0.25) is 0 Å². The standard InChI is InChI=1S/C14H26ClN5O/c1-11(6-7-18(2)3)17-12-10-16-20(9-8-19(4)5)14(21)13(12)15/h10-11,17H,6-9H2,1-5H3. The maximum Gasteiger partial charge on any atom is 0.287 e. The van der Waals surface area contributed by atoms with Crippen LogP contribution >= 0.6 is 11.6 Å². The molecule has 0 saturated heterocycles. The van der Waals surface area contributed by atoms with Gasteiger partial charge in [-0.15, -0.1) is 0 Å². The molecule has 6 nitrogen and oxygen atoms in total. The van der Waals surface area contributed by atoms with E-state index in [9.17, 15) is 4.79 Å². The highest BCUT2D eigenvalue weighted by molar-refractivity contribution is 6.32. The fourth-order valence-corrected chi connectivity index (χ4v) is 2.01. The van der Waals surface area contributed by atoms with Crippen LogP contribution in [0.2, 0.25) is 5.02 Å². The lowest BCUT2D eigenvalue weighted by Crippen LogP contribution is -2.30. The minimum absolute atomic E-state index is 0.209. The number of likely N-dealkylation sites (N-methyl/N-ethyl adjacent to an activating group) is 1. The molecule has 0 aromatic carbocycles. The summed E-state index contributed by atoms with van der Waals surface area (Å²) in [6.45, 7) is 4.31. The highest BCUT2D eigenvalue weighted by Crippen LogP contribution is 2.17. The maximum absolute atomic E-state index is 12.2. The van der Waals surface area contributed by atoms with Gasteiger partial charge in [-0.05, 0) is 48.1 Å². The molecule has 7 heteroatoms. The summed E-state index contributed by atoms with van der Waals surface area (Å²) in [7, 11) is 7.98. The normalized spacial score (nSPS) is 13.0. The van der Waals surface area contributed by atoms with E-state index in [2.05, 4.69) is 22.2 Å². The Kier molecular flexibility index (Phi) is 7.14. The van der Waals surface area contributed by atoms with Gasteiger partial charge in [0, 0.05) is 12.6 Å².